The normalized spacial score (nSPS) is 8.52. The molecule has 0 aromatic rings. The van der Waals surface area contributed by atoms with E-state index in [4.69, 9.17) is 28.4 Å². The fourth-order valence-corrected chi connectivity index (χ4v) is 1.56. The summed E-state index contributed by atoms with van der Waals surface area (Å²) in [4.78, 5) is 21.3. The first-order valence-electron chi connectivity index (χ1n) is 10.0. The van der Waals surface area contributed by atoms with Crippen molar-refractivity contribution in [3.63, 3.8) is 0 Å². The van der Waals surface area contributed by atoms with Crippen molar-refractivity contribution >= 4 is 21.5 Å². The maximum atomic E-state index is 10.6. The zero-order valence-corrected chi connectivity index (χ0v) is 20.8. The molecular formula is C20H36O10Si. The van der Waals surface area contributed by atoms with E-state index in [0.717, 1.165) is 9.52 Å². The molecule has 0 atom stereocenters. The number of aliphatic carboxylic acids is 2. The average Bonchev–Trinajstić information content (AvgIpc) is 2.71. The number of hydrogen-bond donors (Lipinski definition) is 0. The second-order valence-corrected chi connectivity index (χ2v) is 5.91. The highest BCUT2D eigenvalue weighted by atomic mass is 28.2. The van der Waals surface area contributed by atoms with E-state index >= 15 is 0 Å². The van der Waals surface area contributed by atoms with Crippen LogP contribution in [0.4, 0.5) is 0 Å². The smallest absolute Gasteiger partial charge is 0.541 e. The van der Waals surface area contributed by atoms with Gasteiger partial charge in [0, 0.05) is 0 Å². The lowest BCUT2D eigenvalue weighted by atomic mass is 10.5. The van der Waals surface area contributed by atoms with Crippen molar-refractivity contribution in [2.75, 3.05) is 39.6 Å². The van der Waals surface area contributed by atoms with Crippen molar-refractivity contribution in [1.29, 1.82) is 0 Å². The van der Waals surface area contributed by atoms with E-state index in [2.05, 4.69) is 13.1 Å². The largest absolute Gasteiger partial charge is 0.895 e. The summed E-state index contributed by atoms with van der Waals surface area (Å²) in [5.74, 6) is -3.92. The minimum atomic E-state index is -1.44. The molecular weight excluding hydrogens is 428 g/mol. The van der Waals surface area contributed by atoms with Crippen LogP contribution in [0.5, 0.6) is 0 Å². The van der Waals surface area contributed by atoms with Crippen LogP contribution in [0.15, 0.2) is 23.4 Å². The summed E-state index contributed by atoms with van der Waals surface area (Å²) in [6.45, 7) is 16.2. The molecule has 0 rings (SSSR count). The van der Waals surface area contributed by atoms with Crippen LogP contribution in [0.3, 0.4) is 0 Å². The average molecular weight is 465 g/mol. The van der Waals surface area contributed by atoms with Gasteiger partial charge >= 0.3 is 21.4 Å². The first-order chi connectivity index (χ1) is 14.7. The van der Waals surface area contributed by atoms with Crippen LogP contribution in [-0.2, 0) is 38.0 Å². The van der Waals surface area contributed by atoms with Gasteiger partial charge in [0.25, 0.3) is 0 Å². The van der Waals surface area contributed by atoms with Gasteiger partial charge in [-0.15, -0.1) is 0 Å². The predicted molar refractivity (Wildman–Crippen MR) is 111 cm³/mol. The molecule has 0 spiro atoms. The quantitative estimate of drug-likeness (QED) is 0.206. The van der Waals surface area contributed by atoms with Gasteiger partial charge in [-0.2, -0.15) is 0 Å². The Kier molecular flexibility index (Phi) is 25.3. The minimum Gasteiger partial charge on any atom is -0.541 e. The molecule has 0 amide bonds. The Morgan fingerprint density at radius 2 is 0.742 bits per heavy atom. The van der Waals surface area contributed by atoms with Gasteiger partial charge in [-0.3, -0.25) is 0 Å². The Morgan fingerprint density at radius 3 is 0.871 bits per heavy atom. The summed E-state index contributed by atoms with van der Waals surface area (Å²) in [5, 5.41) is 21.3. The fourth-order valence-electron chi connectivity index (χ4n) is 1.56. The monoisotopic (exact) mass is 464 g/mol. The van der Waals surface area contributed by atoms with E-state index in [-0.39, 0.29) is 25.1 Å². The fraction of sp³-hybridized carbons (Fsp3) is 0.700. The maximum absolute atomic E-state index is 10.6. The third kappa shape index (κ3) is 18.0. The standard InChI is InChI=1S/2C9H16O5.C2H6Si/c2*1-4-12-7(8(10)11)9(13-5-2)14-6-3;1-3-2/h2*4-6H2,1-3H3,(H,10,11);1-2H3/q;;+2/p-2. The van der Waals surface area contributed by atoms with Gasteiger partial charge in [0.05, 0.1) is 39.6 Å². The molecule has 0 unspecified atom stereocenters. The first kappa shape index (κ1) is 33.1. The molecule has 11 heteroatoms. The van der Waals surface area contributed by atoms with E-state index in [1.54, 1.807) is 41.5 Å². The highest BCUT2D eigenvalue weighted by Crippen LogP contribution is 2.10. The van der Waals surface area contributed by atoms with E-state index in [1.165, 1.54) is 0 Å². The lowest BCUT2D eigenvalue weighted by Crippen LogP contribution is -2.28. The van der Waals surface area contributed by atoms with Crippen LogP contribution in [0.2, 0.25) is 13.1 Å². The maximum Gasteiger partial charge on any atom is 0.895 e. The molecule has 0 fully saturated rings. The van der Waals surface area contributed by atoms with Crippen molar-refractivity contribution in [3.8, 4) is 0 Å². The lowest BCUT2D eigenvalue weighted by molar-refractivity contribution is -0.305. The molecule has 0 N–H and O–H groups in total. The number of hydrogen-bond acceptors (Lipinski definition) is 10. The van der Waals surface area contributed by atoms with Crippen molar-refractivity contribution < 1.29 is 48.2 Å². The molecule has 0 saturated carbocycles. The van der Waals surface area contributed by atoms with Crippen molar-refractivity contribution in [2.45, 2.75) is 54.6 Å². The summed E-state index contributed by atoms with van der Waals surface area (Å²) >= 11 is 0. The van der Waals surface area contributed by atoms with Crippen molar-refractivity contribution in [1.82, 2.24) is 0 Å². The summed E-state index contributed by atoms with van der Waals surface area (Å²) in [6.07, 6.45) is 0. The SMILES string of the molecule is CCOC(OCC)=C(OCC)C(=O)[O-].CCOC(OCC)=C(OCC)C(=O)[O-].C[Si+2]C. The molecule has 0 aromatic heterocycles. The van der Waals surface area contributed by atoms with Crippen LogP contribution in [0, 0.1) is 0 Å². The number of ether oxygens (including phenoxy) is 6. The number of rotatable bonds is 14. The zero-order chi connectivity index (χ0) is 24.7. The minimum absolute atomic E-state index is 0.128. The molecule has 0 aliphatic heterocycles. The number of carboxylic acid groups (broad SMARTS) is 2. The Labute approximate surface area is 187 Å². The number of carbonyl (C=O) groups excluding carboxylic acids is 2. The summed E-state index contributed by atoms with van der Waals surface area (Å²) in [6, 6.07) is 0. The van der Waals surface area contributed by atoms with Gasteiger partial charge in [-0.05, 0) is 41.5 Å². The van der Waals surface area contributed by atoms with E-state index in [0.29, 0.717) is 26.4 Å². The van der Waals surface area contributed by atoms with Crippen LogP contribution in [0.25, 0.3) is 0 Å². The van der Waals surface area contributed by atoms with Crippen molar-refractivity contribution in [2.24, 2.45) is 0 Å². The van der Waals surface area contributed by atoms with Crippen LogP contribution in [-0.4, -0.2) is 61.1 Å². The third-order valence-corrected chi connectivity index (χ3v) is 2.42. The highest BCUT2D eigenvalue weighted by molar-refractivity contribution is 6.31. The van der Waals surface area contributed by atoms with Crippen LogP contribution >= 0.6 is 0 Å². The molecule has 180 valence electrons. The van der Waals surface area contributed by atoms with E-state index in [1.807, 2.05) is 0 Å². The van der Waals surface area contributed by atoms with E-state index in [9.17, 15) is 19.8 Å². The Hall–Kier alpha value is -2.56. The molecule has 10 nitrogen and oxygen atoms in total. The van der Waals surface area contributed by atoms with Crippen LogP contribution < -0.4 is 10.2 Å². The summed E-state index contributed by atoms with van der Waals surface area (Å²) in [5.41, 5.74) is 0. The Morgan fingerprint density at radius 1 is 0.548 bits per heavy atom. The highest BCUT2D eigenvalue weighted by Gasteiger charge is 2.13. The second kappa shape index (κ2) is 23.7. The molecule has 0 heterocycles. The lowest BCUT2D eigenvalue weighted by Gasteiger charge is -2.15. The molecule has 0 bridgehead atoms. The zero-order valence-electron chi connectivity index (χ0n) is 19.8. The predicted octanol–water partition coefficient (Wildman–Crippen LogP) is 0.817. The summed E-state index contributed by atoms with van der Waals surface area (Å²) < 4.78 is 29.6. The molecule has 0 aliphatic carbocycles. The van der Waals surface area contributed by atoms with Crippen molar-refractivity contribution in [3.05, 3.63) is 23.4 Å². The summed E-state index contributed by atoms with van der Waals surface area (Å²) in [7, 11) is 1.08. The molecule has 0 aromatic carbocycles. The molecule has 0 aliphatic rings. The van der Waals surface area contributed by atoms with E-state index < -0.39 is 23.5 Å². The number of carboxylic acids is 2. The Bertz CT molecular complexity index is 470. The van der Waals surface area contributed by atoms with Gasteiger partial charge in [0.2, 0.25) is 24.6 Å². The van der Waals surface area contributed by atoms with Gasteiger partial charge in [-0.25, -0.2) is 0 Å². The topological polar surface area (TPSA) is 136 Å². The molecule has 31 heavy (non-hydrogen) atoms. The van der Waals surface area contributed by atoms with Crippen LogP contribution in [0.1, 0.15) is 41.5 Å². The third-order valence-electron chi connectivity index (χ3n) is 2.42. The molecule has 0 radical (unpaired) electrons. The van der Waals surface area contributed by atoms with Gasteiger partial charge in [0.1, 0.15) is 11.9 Å². The molecule has 0 saturated heterocycles. The van der Waals surface area contributed by atoms with Gasteiger partial charge in [0.15, 0.2) is 0 Å². The number of carbonyl (C=O) groups is 2. The van der Waals surface area contributed by atoms with Gasteiger partial charge in [-0.1, -0.05) is 0 Å². The second-order valence-electron chi connectivity index (χ2n) is 4.91. The Balaban J connectivity index is -0.000000448. The first-order valence-corrected chi connectivity index (χ1v) is 12.0. The van der Waals surface area contributed by atoms with Gasteiger partial charge < -0.3 is 48.2 Å².